The molecular formula is C14H18N2O. The summed E-state index contributed by atoms with van der Waals surface area (Å²) >= 11 is 0. The topological polar surface area (TPSA) is 45.0 Å². The van der Waals surface area contributed by atoms with Crippen LogP contribution >= 0.6 is 0 Å². The molecule has 0 spiro atoms. The molecular weight excluding hydrogens is 212 g/mol. The summed E-state index contributed by atoms with van der Waals surface area (Å²) in [5.41, 5.74) is 1.04. The van der Waals surface area contributed by atoms with Crippen molar-refractivity contribution in [2.75, 3.05) is 20.2 Å². The molecule has 0 aliphatic carbocycles. The first-order valence-corrected chi connectivity index (χ1v) is 6.03. The quantitative estimate of drug-likeness (QED) is 0.865. The minimum Gasteiger partial charge on any atom is -0.497 e. The van der Waals surface area contributed by atoms with Gasteiger partial charge in [-0.3, -0.25) is 0 Å². The molecule has 17 heavy (non-hydrogen) atoms. The molecule has 3 nitrogen and oxygen atoms in total. The predicted octanol–water partition coefficient (Wildman–Crippen LogP) is 2.13. The van der Waals surface area contributed by atoms with Crippen molar-refractivity contribution >= 4 is 0 Å². The van der Waals surface area contributed by atoms with E-state index in [2.05, 4.69) is 23.5 Å². The Morgan fingerprint density at radius 3 is 2.47 bits per heavy atom. The summed E-state index contributed by atoms with van der Waals surface area (Å²) in [6.07, 6.45) is 2.72. The molecule has 0 unspecified atom stereocenters. The largest absolute Gasteiger partial charge is 0.497 e. The molecule has 1 aliphatic heterocycles. The maximum Gasteiger partial charge on any atom is 0.118 e. The molecule has 90 valence electrons. The van der Waals surface area contributed by atoms with E-state index in [0.29, 0.717) is 0 Å². The molecule has 1 N–H and O–H groups in total. The average Bonchev–Trinajstić information content (AvgIpc) is 2.41. The Labute approximate surface area is 102 Å². The van der Waals surface area contributed by atoms with Gasteiger partial charge in [0.25, 0.3) is 0 Å². The van der Waals surface area contributed by atoms with E-state index in [-0.39, 0.29) is 5.41 Å². The van der Waals surface area contributed by atoms with Gasteiger partial charge >= 0.3 is 0 Å². The van der Waals surface area contributed by atoms with Crippen molar-refractivity contribution in [1.82, 2.24) is 5.32 Å². The van der Waals surface area contributed by atoms with Gasteiger partial charge in [-0.2, -0.15) is 5.26 Å². The number of benzene rings is 1. The number of hydrogen-bond acceptors (Lipinski definition) is 3. The predicted molar refractivity (Wildman–Crippen MR) is 66.8 cm³/mol. The van der Waals surface area contributed by atoms with Gasteiger partial charge in [-0.05, 0) is 50.0 Å². The Morgan fingerprint density at radius 2 is 1.94 bits per heavy atom. The highest BCUT2D eigenvalue weighted by Crippen LogP contribution is 2.32. The van der Waals surface area contributed by atoms with Gasteiger partial charge < -0.3 is 10.1 Å². The van der Waals surface area contributed by atoms with Crippen LogP contribution in [0.15, 0.2) is 24.3 Å². The smallest absolute Gasteiger partial charge is 0.118 e. The Kier molecular flexibility index (Phi) is 3.65. The lowest BCUT2D eigenvalue weighted by Crippen LogP contribution is -2.37. The molecule has 2 rings (SSSR count). The van der Waals surface area contributed by atoms with E-state index in [9.17, 15) is 5.26 Å². The number of nitrogens with zero attached hydrogens (tertiary/aromatic N) is 1. The summed E-state index contributed by atoms with van der Waals surface area (Å²) in [4.78, 5) is 0. The summed E-state index contributed by atoms with van der Waals surface area (Å²) in [5, 5.41) is 12.7. The Bertz CT molecular complexity index is 399. The second-order valence-corrected chi connectivity index (χ2v) is 4.67. The van der Waals surface area contributed by atoms with E-state index in [1.807, 2.05) is 12.1 Å². The van der Waals surface area contributed by atoms with E-state index < -0.39 is 0 Å². The van der Waals surface area contributed by atoms with Gasteiger partial charge in [-0.1, -0.05) is 12.1 Å². The van der Waals surface area contributed by atoms with E-state index >= 15 is 0 Å². The molecule has 0 bridgehead atoms. The lowest BCUT2D eigenvalue weighted by molar-refractivity contribution is 0.280. The third-order valence-corrected chi connectivity index (χ3v) is 3.50. The molecule has 0 saturated carbocycles. The molecule has 1 aliphatic rings. The second kappa shape index (κ2) is 5.20. The van der Waals surface area contributed by atoms with E-state index in [1.54, 1.807) is 7.11 Å². The van der Waals surface area contributed by atoms with Crippen molar-refractivity contribution < 1.29 is 4.74 Å². The van der Waals surface area contributed by atoms with Crippen LogP contribution in [0.5, 0.6) is 5.75 Å². The van der Waals surface area contributed by atoms with Crippen LogP contribution in [-0.4, -0.2) is 20.2 Å². The van der Waals surface area contributed by atoms with Gasteiger partial charge in [0.1, 0.15) is 5.75 Å². The number of piperidine rings is 1. The molecule has 0 radical (unpaired) electrons. The van der Waals surface area contributed by atoms with Crippen LogP contribution in [0.1, 0.15) is 18.4 Å². The summed E-state index contributed by atoms with van der Waals surface area (Å²) in [7, 11) is 1.67. The van der Waals surface area contributed by atoms with Gasteiger partial charge in [0.2, 0.25) is 0 Å². The van der Waals surface area contributed by atoms with E-state index in [1.165, 1.54) is 5.56 Å². The van der Waals surface area contributed by atoms with Crippen molar-refractivity contribution in [3.8, 4) is 11.8 Å². The minimum absolute atomic E-state index is 0.181. The zero-order valence-electron chi connectivity index (χ0n) is 10.2. The highest BCUT2D eigenvalue weighted by Gasteiger charge is 2.32. The first-order valence-electron chi connectivity index (χ1n) is 6.03. The Morgan fingerprint density at radius 1 is 1.29 bits per heavy atom. The number of hydrogen-bond donors (Lipinski definition) is 1. The van der Waals surface area contributed by atoms with Gasteiger partial charge in [0, 0.05) is 0 Å². The minimum atomic E-state index is -0.181. The standard InChI is InChI=1S/C14H18N2O/c1-17-13-4-2-12(3-5-13)10-14(11-15)6-8-16-9-7-14/h2-5,16H,6-10H2,1H3. The molecule has 1 heterocycles. The van der Waals surface area contributed by atoms with Crippen LogP contribution in [0.2, 0.25) is 0 Å². The third-order valence-electron chi connectivity index (χ3n) is 3.50. The number of ether oxygens (including phenoxy) is 1. The van der Waals surface area contributed by atoms with Gasteiger partial charge in [0.05, 0.1) is 18.6 Å². The lowest BCUT2D eigenvalue weighted by Gasteiger charge is -2.31. The number of methoxy groups -OCH3 is 1. The average molecular weight is 230 g/mol. The molecule has 1 aromatic carbocycles. The van der Waals surface area contributed by atoms with Crippen LogP contribution in [0.25, 0.3) is 0 Å². The van der Waals surface area contributed by atoms with Crippen LogP contribution in [-0.2, 0) is 6.42 Å². The highest BCUT2D eigenvalue weighted by atomic mass is 16.5. The van der Waals surface area contributed by atoms with Crippen LogP contribution in [0, 0.1) is 16.7 Å². The number of nitriles is 1. The summed E-state index contributed by atoms with van der Waals surface area (Å²) in [6.45, 7) is 1.90. The molecule has 0 atom stereocenters. The summed E-state index contributed by atoms with van der Waals surface area (Å²) in [5.74, 6) is 0.866. The van der Waals surface area contributed by atoms with Crippen molar-refractivity contribution in [2.24, 2.45) is 5.41 Å². The van der Waals surface area contributed by atoms with Crippen molar-refractivity contribution in [2.45, 2.75) is 19.3 Å². The molecule has 3 heteroatoms. The molecule has 1 fully saturated rings. The van der Waals surface area contributed by atoms with Crippen molar-refractivity contribution in [3.63, 3.8) is 0 Å². The first kappa shape index (κ1) is 11.9. The Balaban J connectivity index is 2.10. The fourth-order valence-corrected chi connectivity index (χ4v) is 2.37. The maximum absolute atomic E-state index is 9.40. The molecule has 1 saturated heterocycles. The summed E-state index contributed by atoms with van der Waals surface area (Å²) in [6, 6.07) is 10.6. The number of rotatable bonds is 3. The van der Waals surface area contributed by atoms with Crippen molar-refractivity contribution in [1.29, 1.82) is 5.26 Å². The Hall–Kier alpha value is -1.53. The fraction of sp³-hybridized carbons (Fsp3) is 0.500. The number of nitrogens with one attached hydrogen (secondary N) is 1. The van der Waals surface area contributed by atoms with E-state index in [0.717, 1.165) is 38.1 Å². The second-order valence-electron chi connectivity index (χ2n) is 4.67. The van der Waals surface area contributed by atoms with Gasteiger partial charge in [-0.15, -0.1) is 0 Å². The van der Waals surface area contributed by atoms with Gasteiger partial charge in [0.15, 0.2) is 0 Å². The zero-order valence-corrected chi connectivity index (χ0v) is 10.2. The monoisotopic (exact) mass is 230 g/mol. The van der Waals surface area contributed by atoms with Gasteiger partial charge in [-0.25, -0.2) is 0 Å². The normalized spacial score (nSPS) is 18.4. The fourth-order valence-electron chi connectivity index (χ4n) is 2.37. The van der Waals surface area contributed by atoms with Crippen LogP contribution < -0.4 is 10.1 Å². The maximum atomic E-state index is 9.40. The molecule has 1 aromatic rings. The SMILES string of the molecule is COc1ccc(CC2(C#N)CCNCC2)cc1. The molecule has 0 amide bonds. The highest BCUT2D eigenvalue weighted by molar-refractivity contribution is 5.28. The first-order chi connectivity index (χ1) is 8.28. The summed E-state index contributed by atoms with van der Waals surface area (Å²) < 4.78 is 5.14. The molecule has 0 aromatic heterocycles. The third kappa shape index (κ3) is 2.78. The van der Waals surface area contributed by atoms with E-state index in [4.69, 9.17) is 4.74 Å². The zero-order chi connectivity index (χ0) is 12.1. The van der Waals surface area contributed by atoms with Crippen LogP contribution in [0.3, 0.4) is 0 Å². The van der Waals surface area contributed by atoms with Crippen molar-refractivity contribution in [3.05, 3.63) is 29.8 Å². The van der Waals surface area contributed by atoms with Crippen LogP contribution in [0.4, 0.5) is 0 Å². The lowest BCUT2D eigenvalue weighted by atomic mass is 9.75.